The summed E-state index contributed by atoms with van der Waals surface area (Å²) >= 11 is 0. The van der Waals surface area contributed by atoms with Gasteiger partial charge in [-0.05, 0) is 37.4 Å². The van der Waals surface area contributed by atoms with Crippen molar-refractivity contribution in [2.75, 3.05) is 6.61 Å². The Kier molecular flexibility index (Phi) is 4.99. The van der Waals surface area contributed by atoms with E-state index in [4.69, 9.17) is 4.74 Å². The molecule has 0 aliphatic heterocycles. The minimum Gasteiger partial charge on any atom is -0.493 e. The number of benzene rings is 3. The first kappa shape index (κ1) is 18.7. The molecule has 0 aliphatic rings. The lowest BCUT2D eigenvalue weighted by Gasteiger charge is -2.07. The zero-order chi connectivity index (χ0) is 20.4. The number of ether oxygens (including phenoxy) is 1. The maximum atomic E-state index is 12.2. The van der Waals surface area contributed by atoms with Crippen molar-refractivity contribution < 1.29 is 14.6 Å². The molecule has 1 N–H and O–H groups in total. The molecule has 1 aromatic heterocycles. The Morgan fingerprint density at radius 1 is 1.07 bits per heavy atom. The van der Waals surface area contributed by atoms with Crippen LogP contribution in [0, 0.1) is 6.92 Å². The number of aromatic nitrogens is 1. The summed E-state index contributed by atoms with van der Waals surface area (Å²) in [4.78, 5) is 12.2. The van der Waals surface area contributed by atoms with Gasteiger partial charge >= 0.3 is 5.91 Å². The third-order valence-corrected chi connectivity index (χ3v) is 4.84. The van der Waals surface area contributed by atoms with Crippen molar-refractivity contribution in [2.45, 2.75) is 20.4 Å². The molecule has 0 radical (unpaired) electrons. The maximum absolute atomic E-state index is 12.2. The summed E-state index contributed by atoms with van der Waals surface area (Å²) in [5, 5.41) is 21.0. The second kappa shape index (κ2) is 7.75. The molecule has 0 spiro atoms. The number of azo groups is 1. The predicted molar refractivity (Wildman–Crippen MR) is 113 cm³/mol. The van der Waals surface area contributed by atoms with Crippen LogP contribution in [0.15, 0.2) is 70.9 Å². The number of hydrogen-bond donors (Lipinski definition) is 1. The predicted octanol–water partition coefficient (Wildman–Crippen LogP) is 5.52. The Hall–Kier alpha value is -3.67. The monoisotopic (exact) mass is 387 g/mol. The van der Waals surface area contributed by atoms with Crippen molar-refractivity contribution in [3.05, 3.63) is 66.2 Å². The van der Waals surface area contributed by atoms with Crippen LogP contribution < -0.4 is 4.74 Å². The van der Waals surface area contributed by atoms with Gasteiger partial charge in [-0.2, -0.15) is 0 Å². The number of aromatic hydroxyl groups is 1. The first-order valence-corrected chi connectivity index (χ1v) is 9.45. The number of carbonyl (C=O) groups excluding carboxylic acids is 1. The summed E-state index contributed by atoms with van der Waals surface area (Å²) in [6, 6.07) is 19.3. The standard InChI is InChI=1S/C23H21N3O3/c1-3-26-19-12-11-15(2)13-18(19)22(23(26)28)25-24-21(27)14-29-20-10-6-8-16-7-4-5-9-17(16)20/h4-13,28H,3,14H2,1-2H3. The molecule has 0 unspecified atom stereocenters. The molecule has 146 valence electrons. The van der Waals surface area contributed by atoms with Crippen LogP contribution in [0.4, 0.5) is 5.69 Å². The van der Waals surface area contributed by atoms with Crippen LogP contribution in [0.2, 0.25) is 0 Å². The van der Waals surface area contributed by atoms with E-state index in [1.807, 2.05) is 74.5 Å². The lowest BCUT2D eigenvalue weighted by atomic mass is 10.1. The van der Waals surface area contributed by atoms with Crippen LogP contribution in [-0.4, -0.2) is 22.2 Å². The number of fused-ring (bicyclic) bond motifs is 2. The van der Waals surface area contributed by atoms with Crippen LogP contribution in [0.25, 0.3) is 21.7 Å². The second-order valence-electron chi connectivity index (χ2n) is 6.80. The summed E-state index contributed by atoms with van der Waals surface area (Å²) in [5.74, 6) is 0.0923. The summed E-state index contributed by atoms with van der Waals surface area (Å²) < 4.78 is 7.40. The fourth-order valence-corrected chi connectivity index (χ4v) is 3.45. The molecule has 29 heavy (non-hydrogen) atoms. The van der Waals surface area contributed by atoms with Gasteiger partial charge in [0.1, 0.15) is 5.75 Å². The molecule has 0 bridgehead atoms. The molecule has 1 heterocycles. The molecular weight excluding hydrogens is 366 g/mol. The van der Waals surface area contributed by atoms with Gasteiger partial charge in [-0.1, -0.05) is 48.0 Å². The van der Waals surface area contributed by atoms with Crippen molar-refractivity contribution in [3.8, 4) is 11.6 Å². The SMILES string of the molecule is CCn1c(O)c(N=NC(=O)COc2cccc3ccccc23)c2cc(C)ccc21. The van der Waals surface area contributed by atoms with Crippen LogP contribution in [0.1, 0.15) is 12.5 Å². The van der Waals surface area contributed by atoms with Gasteiger partial charge in [0.2, 0.25) is 5.88 Å². The first-order valence-electron chi connectivity index (χ1n) is 9.45. The highest BCUT2D eigenvalue weighted by Crippen LogP contribution is 2.39. The normalized spacial score (nSPS) is 11.5. The highest BCUT2D eigenvalue weighted by Gasteiger charge is 2.16. The Labute approximate surface area is 168 Å². The van der Waals surface area contributed by atoms with Gasteiger partial charge in [0, 0.05) is 17.3 Å². The molecule has 6 heteroatoms. The number of carbonyl (C=O) groups is 1. The molecule has 1 amide bonds. The minimum absolute atomic E-state index is 0.000350. The van der Waals surface area contributed by atoms with Crippen LogP contribution in [-0.2, 0) is 11.3 Å². The molecule has 0 saturated heterocycles. The lowest BCUT2D eigenvalue weighted by molar-refractivity contribution is -0.120. The van der Waals surface area contributed by atoms with Crippen molar-refractivity contribution in [1.82, 2.24) is 4.57 Å². The number of rotatable bonds is 5. The molecule has 4 aromatic rings. The number of amides is 1. The lowest BCUT2D eigenvalue weighted by Crippen LogP contribution is -2.08. The Bertz CT molecular complexity index is 1240. The van der Waals surface area contributed by atoms with Gasteiger partial charge in [-0.3, -0.25) is 4.79 Å². The number of nitrogens with zero attached hydrogens (tertiary/aromatic N) is 3. The van der Waals surface area contributed by atoms with Crippen LogP contribution in [0.3, 0.4) is 0 Å². The molecule has 0 aliphatic carbocycles. The topological polar surface area (TPSA) is 76.2 Å². The maximum Gasteiger partial charge on any atom is 0.302 e. The van der Waals surface area contributed by atoms with Crippen molar-refractivity contribution >= 4 is 33.3 Å². The van der Waals surface area contributed by atoms with Crippen molar-refractivity contribution in [2.24, 2.45) is 10.2 Å². The van der Waals surface area contributed by atoms with E-state index in [1.54, 1.807) is 4.57 Å². The zero-order valence-corrected chi connectivity index (χ0v) is 16.3. The van der Waals surface area contributed by atoms with E-state index >= 15 is 0 Å². The largest absolute Gasteiger partial charge is 0.493 e. The molecule has 0 atom stereocenters. The molecule has 0 fully saturated rings. The second-order valence-corrected chi connectivity index (χ2v) is 6.80. The van der Waals surface area contributed by atoms with Gasteiger partial charge in [0.05, 0.1) is 5.52 Å². The summed E-state index contributed by atoms with van der Waals surface area (Å²) in [7, 11) is 0. The van der Waals surface area contributed by atoms with E-state index in [1.165, 1.54) is 0 Å². The minimum atomic E-state index is -0.526. The van der Waals surface area contributed by atoms with Gasteiger partial charge in [0.25, 0.3) is 0 Å². The summed E-state index contributed by atoms with van der Waals surface area (Å²) in [6.45, 7) is 4.25. The molecular formula is C23H21N3O3. The fraction of sp³-hybridized carbons (Fsp3) is 0.174. The van der Waals surface area contributed by atoms with Gasteiger partial charge in [-0.25, -0.2) is 0 Å². The average Bonchev–Trinajstić information content (AvgIpc) is 3.00. The third-order valence-electron chi connectivity index (χ3n) is 4.84. The highest BCUT2D eigenvalue weighted by atomic mass is 16.5. The Morgan fingerprint density at radius 2 is 1.86 bits per heavy atom. The zero-order valence-electron chi connectivity index (χ0n) is 16.3. The molecule has 0 saturated carbocycles. The quantitative estimate of drug-likeness (QED) is 0.458. The number of hydrogen-bond acceptors (Lipinski definition) is 4. The van der Waals surface area contributed by atoms with Crippen LogP contribution >= 0.6 is 0 Å². The Balaban J connectivity index is 1.56. The summed E-state index contributed by atoms with van der Waals surface area (Å²) in [5.41, 5.74) is 2.18. The average molecular weight is 387 g/mol. The molecule has 4 rings (SSSR count). The van der Waals surface area contributed by atoms with Crippen molar-refractivity contribution in [1.29, 1.82) is 0 Å². The fourth-order valence-electron chi connectivity index (χ4n) is 3.45. The van der Waals surface area contributed by atoms with E-state index in [0.717, 1.165) is 27.2 Å². The van der Waals surface area contributed by atoms with E-state index in [9.17, 15) is 9.90 Å². The number of aryl methyl sites for hydroxylation is 2. The van der Waals surface area contributed by atoms with E-state index in [2.05, 4.69) is 10.2 Å². The highest BCUT2D eigenvalue weighted by molar-refractivity contribution is 5.96. The molecule has 3 aromatic carbocycles. The smallest absolute Gasteiger partial charge is 0.302 e. The third kappa shape index (κ3) is 3.57. The van der Waals surface area contributed by atoms with E-state index < -0.39 is 5.91 Å². The van der Waals surface area contributed by atoms with Gasteiger partial charge in [0.15, 0.2) is 12.3 Å². The van der Waals surface area contributed by atoms with Gasteiger partial charge < -0.3 is 14.4 Å². The molecule has 6 nitrogen and oxygen atoms in total. The summed E-state index contributed by atoms with van der Waals surface area (Å²) in [6.07, 6.45) is 0. The Morgan fingerprint density at radius 3 is 2.69 bits per heavy atom. The van der Waals surface area contributed by atoms with Crippen LogP contribution in [0.5, 0.6) is 11.6 Å². The van der Waals surface area contributed by atoms with E-state index in [-0.39, 0.29) is 12.5 Å². The van der Waals surface area contributed by atoms with Gasteiger partial charge in [-0.15, -0.1) is 10.2 Å². The first-order chi connectivity index (χ1) is 14.1. The van der Waals surface area contributed by atoms with E-state index in [0.29, 0.717) is 18.0 Å². The van der Waals surface area contributed by atoms with Crippen molar-refractivity contribution in [3.63, 3.8) is 0 Å².